The van der Waals surface area contributed by atoms with Crippen molar-refractivity contribution < 1.29 is 24.1 Å². The van der Waals surface area contributed by atoms with Crippen molar-refractivity contribution in [2.45, 2.75) is 44.0 Å². The maximum atomic E-state index is 11.5. The van der Waals surface area contributed by atoms with E-state index in [4.69, 9.17) is 14.2 Å². The fourth-order valence-electron chi connectivity index (χ4n) is 3.09. The van der Waals surface area contributed by atoms with Gasteiger partial charge in [0.25, 0.3) is 0 Å². The molecule has 1 aliphatic carbocycles. The largest absolute Gasteiger partial charge is 0.487 e. The minimum Gasteiger partial charge on any atom is -0.487 e. The Morgan fingerprint density at radius 1 is 1.42 bits per heavy atom. The van der Waals surface area contributed by atoms with Crippen LogP contribution in [0.5, 0.6) is 5.75 Å². The number of ketones is 1. The van der Waals surface area contributed by atoms with E-state index in [-0.39, 0.29) is 5.78 Å². The van der Waals surface area contributed by atoms with Crippen LogP contribution >= 0.6 is 15.9 Å². The number of aliphatic hydroxyl groups excluding tert-OH is 1. The molecule has 0 amide bonds. The van der Waals surface area contributed by atoms with Gasteiger partial charge in [0.2, 0.25) is 0 Å². The molecule has 5 nitrogen and oxygen atoms in total. The van der Waals surface area contributed by atoms with Crippen LogP contribution in [0.1, 0.15) is 37.9 Å². The first-order chi connectivity index (χ1) is 11.4. The number of rotatable bonds is 5. The number of allylic oxidation sites excluding steroid dienone is 2. The summed E-state index contributed by atoms with van der Waals surface area (Å²) in [4.78, 5) is 11.5. The highest BCUT2D eigenvalue weighted by molar-refractivity contribution is 9.10. The molecule has 1 aromatic rings. The molecule has 0 spiro atoms. The van der Waals surface area contributed by atoms with Crippen LogP contribution < -0.4 is 4.74 Å². The minimum absolute atomic E-state index is 0.0585. The fourth-order valence-corrected chi connectivity index (χ4v) is 3.47. The Bertz CT molecular complexity index is 671. The first-order valence-electron chi connectivity index (χ1n) is 7.98. The molecule has 0 radical (unpaired) electrons. The number of hydrogen-bond donors (Lipinski definition) is 1. The zero-order valence-corrected chi connectivity index (χ0v) is 15.3. The van der Waals surface area contributed by atoms with Crippen molar-refractivity contribution >= 4 is 21.7 Å². The highest BCUT2D eigenvalue weighted by atomic mass is 79.9. The second-order valence-electron chi connectivity index (χ2n) is 6.40. The van der Waals surface area contributed by atoms with E-state index >= 15 is 0 Å². The van der Waals surface area contributed by atoms with Crippen molar-refractivity contribution in [3.8, 4) is 5.75 Å². The molecule has 0 aromatic heterocycles. The summed E-state index contributed by atoms with van der Waals surface area (Å²) >= 11 is 3.45. The maximum absolute atomic E-state index is 11.5. The number of hydrogen-bond acceptors (Lipinski definition) is 5. The molecule has 0 fully saturated rings. The smallest absolute Gasteiger partial charge is 0.159 e. The first-order valence-corrected chi connectivity index (χ1v) is 8.78. The van der Waals surface area contributed by atoms with E-state index in [1.54, 1.807) is 7.11 Å². The van der Waals surface area contributed by atoms with Crippen LogP contribution in [0.4, 0.5) is 0 Å². The summed E-state index contributed by atoms with van der Waals surface area (Å²) in [6.07, 6.45) is 1.60. The topological polar surface area (TPSA) is 65.0 Å². The Balaban J connectivity index is 1.95. The van der Waals surface area contributed by atoms with Gasteiger partial charge in [-0.3, -0.25) is 4.79 Å². The Morgan fingerprint density at radius 2 is 2.21 bits per heavy atom. The van der Waals surface area contributed by atoms with Gasteiger partial charge in [0, 0.05) is 42.5 Å². The number of halogens is 1. The third kappa shape index (κ3) is 3.36. The quantitative estimate of drug-likeness (QED) is 0.826. The second kappa shape index (κ2) is 6.86. The Hall–Kier alpha value is -1.37. The maximum Gasteiger partial charge on any atom is 0.159 e. The van der Waals surface area contributed by atoms with Crippen LogP contribution in [0.2, 0.25) is 0 Å². The van der Waals surface area contributed by atoms with Gasteiger partial charge >= 0.3 is 0 Å². The second-order valence-corrected chi connectivity index (χ2v) is 7.32. The fraction of sp³-hybridized carbons (Fsp3) is 0.500. The molecule has 1 N–H and O–H groups in total. The van der Waals surface area contributed by atoms with Crippen LogP contribution in [0.15, 0.2) is 34.5 Å². The number of methoxy groups -OCH3 is 1. The number of carbonyl (C=O) groups is 1. The number of fused-ring (bicyclic) bond motifs is 1. The summed E-state index contributed by atoms with van der Waals surface area (Å²) in [6.45, 7) is 2.32. The summed E-state index contributed by atoms with van der Waals surface area (Å²) in [7, 11) is 1.62. The standard InChI is InChI=1S/C18H21BrO5/c1-18(7-8-22-2)17(21)16(23-13-5-4-12(20)10-13)14-9-11(19)3-6-15(14)24-18/h3,6,9-10,16-17,21H,4-5,7-8H2,1-2H3. The van der Waals surface area contributed by atoms with Gasteiger partial charge in [-0.15, -0.1) is 0 Å². The lowest BCUT2D eigenvalue weighted by Crippen LogP contribution is -2.52. The molecular formula is C18H21BrO5. The van der Waals surface area contributed by atoms with E-state index in [0.717, 1.165) is 10.0 Å². The normalized spacial score (nSPS) is 29.0. The molecule has 130 valence electrons. The predicted molar refractivity (Wildman–Crippen MR) is 91.8 cm³/mol. The molecule has 0 bridgehead atoms. The average molecular weight is 397 g/mol. The first kappa shape index (κ1) is 17.5. The molecule has 6 heteroatoms. The van der Waals surface area contributed by atoms with E-state index < -0.39 is 17.8 Å². The van der Waals surface area contributed by atoms with E-state index in [0.29, 0.717) is 37.4 Å². The van der Waals surface area contributed by atoms with Crippen molar-refractivity contribution in [1.29, 1.82) is 0 Å². The molecule has 2 aliphatic rings. The van der Waals surface area contributed by atoms with Crippen LogP contribution in [-0.4, -0.2) is 36.3 Å². The molecule has 1 aliphatic heterocycles. The lowest BCUT2D eigenvalue weighted by Gasteiger charge is -2.44. The van der Waals surface area contributed by atoms with E-state index in [1.165, 1.54) is 6.08 Å². The minimum atomic E-state index is -0.883. The van der Waals surface area contributed by atoms with Crippen LogP contribution in [0.25, 0.3) is 0 Å². The monoisotopic (exact) mass is 396 g/mol. The number of benzene rings is 1. The van der Waals surface area contributed by atoms with E-state index in [9.17, 15) is 9.90 Å². The van der Waals surface area contributed by atoms with Gasteiger partial charge < -0.3 is 19.3 Å². The SMILES string of the molecule is COCCC1(C)Oc2ccc(Br)cc2C(OC2=CC(=O)CC2)C1O. The van der Waals surface area contributed by atoms with Crippen LogP contribution in [0, 0.1) is 0 Å². The number of carbonyl (C=O) groups excluding carboxylic acids is 1. The van der Waals surface area contributed by atoms with Gasteiger partial charge in [0.1, 0.15) is 23.2 Å². The molecule has 3 rings (SSSR count). The Labute approximate surface area is 149 Å². The molecular weight excluding hydrogens is 376 g/mol. The predicted octanol–water partition coefficient (Wildman–Crippen LogP) is 3.30. The third-order valence-corrected chi connectivity index (χ3v) is 5.05. The molecule has 1 heterocycles. The summed E-state index contributed by atoms with van der Waals surface area (Å²) in [5.74, 6) is 1.35. The van der Waals surface area contributed by atoms with Crippen molar-refractivity contribution in [3.05, 3.63) is 40.1 Å². The van der Waals surface area contributed by atoms with Gasteiger partial charge in [-0.1, -0.05) is 15.9 Å². The molecule has 1 aromatic carbocycles. The number of aliphatic hydroxyl groups is 1. The van der Waals surface area contributed by atoms with Crippen molar-refractivity contribution in [3.63, 3.8) is 0 Å². The highest BCUT2D eigenvalue weighted by Crippen LogP contribution is 2.45. The molecule has 24 heavy (non-hydrogen) atoms. The van der Waals surface area contributed by atoms with Crippen molar-refractivity contribution in [2.24, 2.45) is 0 Å². The molecule has 0 saturated heterocycles. The Morgan fingerprint density at radius 3 is 2.88 bits per heavy atom. The molecule has 0 saturated carbocycles. The summed E-state index contributed by atoms with van der Waals surface area (Å²) < 4.78 is 18.2. The number of ether oxygens (including phenoxy) is 3. The molecule has 3 atom stereocenters. The van der Waals surface area contributed by atoms with E-state index in [2.05, 4.69) is 15.9 Å². The van der Waals surface area contributed by atoms with Crippen LogP contribution in [0.3, 0.4) is 0 Å². The summed E-state index contributed by atoms with van der Waals surface area (Å²) in [5.41, 5.74) is -0.0583. The zero-order valence-electron chi connectivity index (χ0n) is 13.8. The lowest BCUT2D eigenvalue weighted by atomic mass is 9.85. The zero-order chi connectivity index (χ0) is 17.3. The van der Waals surface area contributed by atoms with Crippen molar-refractivity contribution in [2.75, 3.05) is 13.7 Å². The van der Waals surface area contributed by atoms with Gasteiger partial charge in [-0.05, 0) is 25.1 Å². The highest BCUT2D eigenvalue weighted by Gasteiger charge is 2.47. The lowest BCUT2D eigenvalue weighted by molar-refractivity contribution is -0.136. The van der Waals surface area contributed by atoms with Crippen LogP contribution in [-0.2, 0) is 14.3 Å². The van der Waals surface area contributed by atoms with Gasteiger partial charge in [0.05, 0.1) is 6.61 Å². The van der Waals surface area contributed by atoms with Gasteiger partial charge in [0.15, 0.2) is 11.9 Å². The van der Waals surface area contributed by atoms with Crippen molar-refractivity contribution in [1.82, 2.24) is 0 Å². The van der Waals surface area contributed by atoms with Gasteiger partial charge in [-0.2, -0.15) is 0 Å². The molecule has 3 unspecified atom stereocenters. The van der Waals surface area contributed by atoms with E-state index in [1.807, 2.05) is 25.1 Å². The third-order valence-electron chi connectivity index (χ3n) is 4.55. The average Bonchev–Trinajstić information content (AvgIpc) is 2.96. The van der Waals surface area contributed by atoms with Gasteiger partial charge in [-0.25, -0.2) is 0 Å². The summed E-state index contributed by atoms with van der Waals surface area (Å²) in [6, 6.07) is 5.64. The summed E-state index contributed by atoms with van der Waals surface area (Å²) in [5, 5.41) is 10.9. The Kier molecular flexibility index (Phi) is 4.99.